The highest BCUT2D eigenvalue weighted by Crippen LogP contribution is 2.26. The molecule has 1 heterocycles. The van der Waals surface area contributed by atoms with Crippen molar-refractivity contribution >= 4 is 44.8 Å². The number of nitrogens with zero attached hydrogens (tertiary/aromatic N) is 2. The molecule has 0 unspecified atom stereocenters. The number of sulfonamides is 1. The first-order chi connectivity index (χ1) is 11.2. The Hall–Kier alpha value is -2.11. The van der Waals surface area contributed by atoms with Gasteiger partial charge < -0.3 is 10.3 Å². The van der Waals surface area contributed by atoms with E-state index < -0.39 is 22.0 Å². The molecule has 1 aromatic heterocycles. The number of carbonyl (C=O) groups is 2. The molecule has 9 nitrogen and oxygen atoms in total. The number of primary sulfonamides is 1. The fourth-order valence-electron chi connectivity index (χ4n) is 2.12. The average Bonchev–Trinajstić information content (AvgIpc) is 2.81. The van der Waals surface area contributed by atoms with Gasteiger partial charge in [-0.3, -0.25) is 10.1 Å². The quantitative estimate of drug-likeness (QED) is 0.625. The van der Waals surface area contributed by atoms with Crippen LogP contribution in [0.15, 0.2) is 28.3 Å². The van der Waals surface area contributed by atoms with E-state index in [4.69, 9.17) is 10.9 Å². The number of imide groups is 1. The zero-order valence-electron chi connectivity index (χ0n) is 12.9. The summed E-state index contributed by atoms with van der Waals surface area (Å²) in [7, 11) is -3.82. The van der Waals surface area contributed by atoms with Crippen molar-refractivity contribution in [2.45, 2.75) is 29.9 Å². The second-order valence-electron chi connectivity index (χ2n) is 4.94. The molecule has 0 spiro atoms. The Morgan fingerprint density at radius 2 is 2.08 bits per heavy atom. The number of carbonyl (C=O) groups excluding carboxylic acids is 2. The first-order valence-electron chi connectivity index (χ1n) is 6.97. The smallest absolute Gasteiger partial charge is 0.318 e. The van der Waals surface area contributed by atoms with Crippen LogP contribution in [0.3, 0.4) is 0 Å². The lowest BCUT2D eigenvalue weighted by Gasteiger charge is -2.07. The molecule has 1 aromatic carbocycles. The predicted molar refractivity (Wildman–Crippen MR) is 89.8 cm³/mol. The molecule has 2 rings (SSSR count). The van der Waals surface area contributed by atoms with Crippen molar-refractivity contribution in [3.63, 3.8) is 0 Å². The first-order valence-corrected chi connectivity index (χ1v) is 9.50. The van der Waals surface area contributed by atoms with Gasteiger partial charge in [0.15, 0.2) is 5.16 Å². The van der Waals surface area contributed by atoms with Gasteiger partial charge in [-0.1, -0.05) is 18.7 Å². The summed E-state index contributed by atoms with van der Waals surface area (Å²) in [6.45, 7) is 2.63. The van der Waals surface area contributed by atoms with Gasteiger partial charge in [-0.2, -0.15) is 0 Å². The SMILES string of the molecule is CCCn1c(SCC(=O)NC(N)=O)nc2cc(S(N)(=O)=O)ccc21. The average molecular weight is 371 g/mol. The standard InChI is InChI=1S/C13H17N5O4S2/c1-2-5-18-10-4-3-8(24(15,21)22)6-9(10)16-13(18)23-7-11(19)17-12(14)20/h3-4,6H,2,5,7H2,1H3,(H2,15,21,22)(H3,14,17,19,20). The molecule has 0 saturated carbocycles. The molecule has 0 aliphatic rings. The van der Waals surface area contributed by atoms with E-state index in [9.17, 15) is 18.0 Å². The van der Waals surface area contributed by atoms with Gasteiger partial charge in [0.05, 0.1) is 21.7 Å². The Kier molecular flexibility index (Phi) is 5.47. The highest BCUT2D eigenvalue weighted by atomic mass is 32.2. The van der Waals surface area contributed by atoms with E-state index in [2.05, 4.69) is 4.98 Å². The number of hydrogen-bond donors (Lipinski definition) is 3. The van der Waals surface area contributed by atoms with Gasteiger partial charge in [0.25, 0.3) is 0 Å². The predicted octanol–water partition coefficient (Wildman–Crippen LogP) is 0.381. The largest absolute Gasteiger partial charge is 0.351 e. The normalized spacial score (nSPS) is 11.6. The third kappa shape index (κ3) is 4.24. The summed E-state index contributed by atoms with van der Waals surface area (Å²) >= 11 is 1.13. The lowest BCUT2D eigenvalue weighted by Crippen LogP contribution is -2.36. The number of nitrogens with two attached hydrogens (primary N) is 2. The molecule has 2 aromatic rings. The number of thioether (sulfide) groups is 1. The van der Waals surface area contributed by atoms with Crippen molar-refractivity contribution in [1.82, 2.24) is 14.9 Å². The van der Waals surface area contributed by atoms with E-state index in [-0.39, 0.29) is 10.6 Å². The Bertz CT molecular complexity index is 891. The van der Waals surface area contributed by atoms with Gasteiger partial charge in [-0.05, 0) is 24.6 Å². The number of amides is 3. The third-order valence-corrected chi connectivity index (χ3v) is 4.94. The van der Waals surface area contributed by atoms with E-state index in [0.717, 1.165) is 23.7 Å². The fraction of sp³-hybridized carbons (Fsp3) is 0.308. The van der Waals surface area contributed by atoms with Crippen LogP contribution in [-0.4, -0.2) is 35.7 Å². The van der Waals surface area contributed by atoms with Crippen LogP contribution in [0.2, 0.25) is 0 Å². The maximum atomic E-state index is 11.5. The zero-order chi connectivity index (χ0) is 17.9. The summed E-state index contributed by atoms with van der Waals surface area (Å²) in [4.78, 5) is 26.5. The number of imidazole rings is 1. The van der Waals surface area contributed by atoms with Crippen LogP contribution in [0, 0.1) is 0 Å². The van der Waals surface area contributed by atoms with Crippen LogP contribution in [0.25, 0.3) is 11.0 Å². The molecular formula is C13H17N5O4S2. The topological polar surface area (TPSA) is 150 Å². The molecule has 3 amide bonds. The molecule has 0 atom stereocenters. The monoisotopic (exact) mass is 371 g/mol. The Labute approximate surface area is 142 Å². The number of aryl methyl sites for hydroxylation is 1. The lowest BCUT2D eigenvalue weighted by atomic mass is 10.3. The van der Waals surface area contributed by atoms with Crippen LogP contribution in [0.4, 0.5) is 4.79 Å². The van der Waals surface area contributed by atoms with Crippen LogP contribution >= 0.6 is 11.8 Å². The molecule has 5 N–H and O–H groups in total. The molecule has 11 heteroatoms. The van der Waals surface area contributed by atoms with Crippen molar-refractivity contribution in [2.24, 2.45) is 10.9 Å². The van der Waals surface area contributed by atoms with Gasteiger partial charge in [-0.25, -0.2) is 23.3 Å². The summed E-state index contributed by atoms with van der Waals surface area (Å²) in [5.74, 6) is -0.578. The van der Waals surface area contributed by atoms with Gasteiger partial charge in [0, 0.05) is 6.54 Å². The minimum atomic E-state index is -3.82. The Morgan fingerprint density at radius 3 is 2.67 bits per heavy atom. The van der Waals surface area contributed by atoms with Crippen molar-refractivity contribution in [3.8, 4) is 0 Å². The molecule has 0 radical (unpaired) electrons. The van der Waals surface area contributed by atoms with E-state index in [0.29, 0.717) is 17.2 Å². The number of aromatic nitrogens is 2. The van der Waals surface area contributed by atoms with Gasteiger partial charge in [-0.15, -0.1) is 0 Å². The molecule has 0 saturated heterocycles. The van der Waals surface area contributed by atoms with Gasteiger partial charge >= 0.3 is 6.03 Å². The minimum Gasteiger partial charge on any atom is -0.351 e. The number of benzene rings is 1. The summed E-state index contributed by atoms with van der Waals surface area (Å²) in [6.07, 6.45) is 0.823. The summed E-state index contributed by atoms with van der Waals surface area (Å²) in [5.41, 5.74) is 6.09. The summed E-state index contributed by atoms with van der Waals surface area (Å²) < 4.78 is 24.8. The molecule has 0 aliphatic heterocycles. The number of hydrogen-bond acceptors (Lipinski definition) is 6. The van der Waals surface area contributed by atoms with E-state index >= 15 is 0 Å². The first kappa shape index (κ1) is 18.2. The third-order valence-electron chi connectivity index (χ3n) is 3.06. The Morgan fingerprint density at radius 1 is 1.38 bits per heavy atom. The minimum absolute atomic E-state index is 0.0285. The van der Waals surface area contributed by atoms with Gasteiger partial charge in [0.2, 0.25) is 15.9 Å². The highest BCUT2D eigenvalue weighted by molar-refractivity contribution is 7.99. The number of urea groups is 1. The summed E-state index contributed by atoms with van der Waals surface area (Å²) in [5, 5.41) is 7.65. The van der Waals surface area contributed by atoms with Gasteiger partial charge in [0.1, 0.15) is 0 Å². The summed E-state index contributed by atoms with van der Waals surface area (Å²) in [6, 6.07) is 3.52. The maximum Gasteiger partial charge on any atom is 0.318 e. The number of primary amides is 1. The van der Waals surface area contributed by atoms with Crippen LogP contribution in [0.1, 0.15) is 13.3 Å². The number of fused-ring (bicyclic) bond motifs is 1. The molecule has 0 aliphatic carbocycles. The Balaban J connectivity index is 2.36. The van der Waals surface area contributed by atoms with E-state index in [1.54, 1.807) is 6.07 Å². The van der Waals surface area contributed by atoms with E-state index in [1.807, 2.05) is 16.8 Å². The van der Waals surface area contributed by atoms with Crippen molar-refractivity contribution in [2.75, 3.05) is 5.75 Å². The van der Waals surface area contributed by atoms with Crippen LogP contribution in [0.5, 0.6) is 0 Å². The second kappa shape index (κ2) is 7.20. The van der Waals surface area contributed by atoms with E-state index in [1.165, 1.54) is 12.1 Å². The molecule has 0 fully saturated rings. The second-order valence-corrected chi connectivity index (χ2v) is 7.45. The molecular weight excluding hydrogens is 354 g/mol. The van der Waals surface area contributed by atoms with Crippen LogP contribution < -0.4 is 16.2 Å². The van der Waals surface area contributed by atoms with Crippen molar-refractivity contribution in [3.05, 3.63) is 18.2 Å². The maximum absolute atomic E-state index is 11.5. The fourth-order valence-corrected chi connectivity index (χ4v) is 3.49. The van der Waals surface area contributed by atoms with Crippen molar-refractivity contribution in [1.29, 1.82) is 0 Å². The molecule has 130 valence electrons. The molecule has 0 bridgehead atoms. The molecule has 24 heavy (non-hydrogen) atoms. The zero-order valence-corrected chi connectivity index (χ0v) is 14.5. The number of rotatable bonds is 6. The highest BCUT2D eigenvalue weighted by Gasteiger charge is 2.16. The lowest BCUT2D eigenvalue weighted by molar-refractivity contribution is -0.117. The van der Waals surface area contributed by atoms with Crippen molar-refractivity contribution < 1.29 is 18.0 Å². The van der Waals surface area contributed by atoms with Crippen LogP contribution in [-0.2, 0) is 21.4 Å². The number of nitrogens with one attached hydrogen (secondary N) is 1.